The van der Waals surface area contributed by atoms with E-state index in [1.807, 2.05) is 39.8 Å². The van der Waals surface area contributed by atoms with Gasteiger partial charge in [0.25, 0.3) is 10.0 Å². The monoisotopic (exact) mass is 583 g/mol. The second kappa shape index (κ2) is 13.8. The van der Waals surface area contributed by atoms with Crippen LogP contribution in [0.15, 0.2) is 77.7 Å². The number of hydrogen-bond acceptors (Lipinski definition) is 4. The molecule has 0 aliphatic heterocycles. The summed E-state index contributed by atoms with van der Waals surface area (Å²) in [5, 5.41) is 3.49. The van der Waals surface area contributed by atoms with E-state index in [1.54, 1.807) is 67.6 Å². The van der Waals surface area contributed by atoms with Gasteiger partial charge in [-0.05, 0) is 75.1 Å². The Balaban J connectivity index is 2.06. The van der Waals surface area contributed by atoms with Crippen molar-refractivity contribution in [3.05, 3.63) is 94.5 Å². The van der Waals surface area contributed by atoms with Gasteiger partial charge < -0.3 is 10.2 Å². The second-order valence-corrected chi connectivity index (χ2v) is 12.2. The average molecular weight is 584 g/mol. The third-order valence-corrected chi connectivity index (χ3v) is 8.99. The Labute approximate surface area is 243 Å². The van der Waals surface area contributed by atoms with Crippen molar-refractivity contribution in [2.24, 2.45) is 0 Å². The summed E-state index contributed by atoms with van der Waals surface area (Å²) in [5.74, 6) is -0.804. The molecule has 0 fully saturated rings. The fourth-order valence-electron chi connectivity index (χ4n) is 4.24. The van der Waals surface area contributed by atoms with Crippen LogP contribution in [-0.4, -0.2) is 43.8 Å². The smallest absolute Gasteiger partial charge is 0.264 e. The quantitative estimate of drug-likeness (QED) is 0.295. The molecule has 3 aromatic rings. The number of para-hydroxylation sites is 1. The molecule has 0 aliphatic carbocycles. The van der Waals surface area contributed by atoms with Crippen molar-refractivity contribution in [2.45, 2.75) is 71.0 Å². The summed E-state index contributed by atoms with van der Waals surface area (Å²) < 4.78 is 29.2. The van der Waals surface area contributed by atoms with Gasteiger partial charge in [0.15, 0.2) is 0 Å². The number of rotatable bonds is 12. The number of aryl methyl sites for hydroxylation is 2. The molecule has 0 saturated heterocycles. The SMILES string of the molecule is CCc1ccccc1N(CC(=O)N(Cc1ccc(Cl)cc1)[C@H](C)C(=O)N[C@H](C)CC)S(=O)(=O)c1ccc(C)cc1. The van der Waals surface area contributed by atoms with Crippen LogP contribution in [0.3, 0.4) is 0 Å². The minimum absolute atomic E-state index is 0.0720. The Kier molecular flexibility index (Phi) is 10.8. The topological polar surface area (TPSA) is 86.8 Å². The standard InChI is InChI=1S/C31H38ClN3O4S/c1-6-23(4)33-31(37)24(5)34(20-25-14-16-27(32)17-15-25)30(36)21-35(29-11-9-8-10-26(29)7-2)40(38,39)28-18-12-22(3)13-19-28/h8-19,23-24H,6-7,20-21H2,1-5H3,(H,33,37)/t23-,24-/m1/s1. The molecule has 0 saturated carbocycles. The summed E-state index contributed by atoms with van der Waals surface area (Å²) in [5.41, 5.74) is 2.91. The molecule has 3 aromatic carbocycles. The van der Waals surface area contributed by atoms with E-state index in [-0.39, 0.29) is 23.4 Å². The molecule has 0 heterocycles. The highest BCUT2D eigenvalue weighted by atomic mass is 35.5. The van der Waals surface area contributed by atoms with Gasteiger partial charge in [0, 0.05) is 17.6 Å². The van der Waals surface area contributed by atoms with E-state index in [2.05, 4.69) is 5.32 Å². The summed E-state index contributed by atoms with van der Waals surface area (Å²) >= 11 is 6.06. The molecule has 0 spiro atoms. The maximum absolute atomic E-state index is 14.0. The molecule has 0 bridgehead atoms. The summed E-state index contributed by atoms with van der Waals surface area (Å²) in [6.07, 6.45) is 1.31. The number of nitrogens with one attached hydrogen (secondary N) is 1. The van der Waals surface area contributed by atoms with Crippen LogP contribution in [0.1, 0.15) is 50.8 Å². The molecule has 0 radical (unpaired) electrons. The van der Waals surface area contributed by atoms with E-state index in [9.17, 15) is 18.0 Å². The fourth-order valence-corrected chi connectivity index (χ4v) is 5.82. The maximum Gasteiger partial charge on any atom is 0.264 e. The number of amides is 2. The minimum atomic E-state index is -4.11. The zero-order valence-corrected chi connectivity index (χ0v) is 25.3. The van der Waals surface area contributed by atoms with Crippen LogP contribution >= 0.6 is 11.6 Å². The van der Waals surface area contributed by atoms with Gasteiger partial charge in [0.05, 0.1) is 10.6 Å². The largest absolute Gasteiger partial charge is 0.352 e. The van der Waals surface area contributed by atoms with Gasteiger partial charge in [0.1, 0.15) is 12.6 Å². The number of carbonyl (C=O) groups is 2. The summed E-state index contributed by atoms with van der Waals surface area (Å²) in [4.78, 5) is 28.7. The molecule has 7 nitrogen and oxygen atoms in total. The van der Waals surface area contributed by atoms with E-state index in [0.29, 0.717) is 17.1 Å². The van der Waals surface area contributed by atoms with Crippen molar-refractivity contribution in [2.75, 3.05) is 10.8 Å². The number of nitrogens with zero attached hydrogens (tertiary/aromatic N) is 2. The molecule has 9 heteroatoms. The zero-order chi connectivity index (χ0) is 29.4. The van der Waals surface area contributed by atoms with Crippen LogP contribution in [0.25, 0.3) is 0 Å². The normalized spacial score (nSPS) is 12.8. The molecular weight excluding hydrogens is 546 g/mol. The Hall–Kier alpha value is -3.36. The Bertz CT molecular complexity index is 1410. The molecular formula is C31H38ClN3O4S. The predicted octanol–water partition coefficient (Wildman–Crippen LogP) is 5.74. The van der Waals surface area contributed by atoms with E-state index >= 15 is 0 Å². The van der Waals surface area contributed by atoms with E-state index in [0.717, 1.165) is 27.4 Å². The summed E-state index contributed by atoms with van der Waals surface area (Å²) in [7, 11) is -4.11. The number of carbonyl (C=O) groups excluding carboxylic acids is 2. The molecule has 3 rings (SSSR count). The van der Waals surface area contributed by atoms with Gasteiger partial charge in [-0.25, -0.2) is 8.42 Å². The Morgan fingerprint density at radius 2 is 1.55 bits per heavy atom. The van der Waals surface area contributed by atoms with Crippen molar-refractivity contribution in [1.82, 2.24) is 10.2 Å². The lowest BCUT2D eigenvalue weighted by molar-refractivity contribution is -0.139. The van der Waals surface area contributed by atoms with Gasteiger partial charge in [-0.15, -0.1) is 0 Å². The summed E-state index contributed by atoms with van der Waals surface area (Å²) in [6, 6.07) is 19.8. The number of anilines is 1. The van der Waals surface area contributed by atoms with Gasteiger partial charge in [-0.3, -0.25) is 13.9 Å². The van der Waals surface area contributed by atoms with Crippen LogP contribution in [0, 0.1) is 6.92 Å². The molecule has 1 N–H and O–H groups in total. The van der Waals surface area contributed by atoms with Crippen molar-refractivity contribution in [3.63, 3.8) is 0 Å². The number of sulfonamides is 1. The fraction of sp³-hybridized carbons (Fsp3) is 0.355. The average Bonchev–Trinajstić information content (AvgIpc) is 2.95. The lowest BCUT2D eigenvalue weighted by atomic mass is 10.1. The van der Waals surface area contributed by atoms with Gasteiger partial charge >= 0.3 is 0 Å². The second-order valence-electron chi connectivity index (χ2n) is 9.95. The van der Waals surface area contributed by atoms with Gasteiger partial charge in [0.2, 0.25) is 11.8 Å². The third kappa shape index (κ3) is 7.64. The first-order valence-corrected chi connectivity index (χ1v) is 15.3. The molecule has 2 atom stereocenters. The first kappa shape index (κ1) is 31.2. The Morgan fingerprint density at radius 1 is 0.925 bits per heavy atom. The lowest BCUT2D eigenvalue weighted by Crippen LogP contribution is -2.52. The van der Waals surface area contributed by atoms with Crippen molar-refractivity contribution in [1.29, 1.82) is 0 Å². The predicted molar refractivity (Wildman–Crippen MR) is 161 cm³/mol. The third-order valence-electron chi connectivity index (χ3n) is 6.96. The molecule has 214 valence electrons. The van der Waals surface area contributed by atoms with Gasteiger partial charge in [-0.1, -0.05) is 73.5 Å². The van der Waals surface area contributed by atoms with Gasteiger partial charge in [-0.2, -0.15) is 0 Å². The molecule has 0 aromatic heterocycles. The van der Waals surface area contributed by atoms with E-state index in [4.69, 9.17) is 11.6 Å². The van der Waals surface area contributed by atoms with Crippen LogP contribution in [0.2, 0.25) is 5.02 Å². The van der Waals surface area contributed by atoms with Crippen molar-refractivity contribution >= 4 is 39.1 Å². The van der Waals surface area contributed by atoms with Crippen LogP contribution in [-0.2, 0) is 32.6 Å². The minimum Gasteiger partial charge on any atom is -0.352 e. The summed E-state index contributed by atoms with van der Waals surface area (Å²) in [6.45, 7) is 8.97. The molecule has 0 unspecified atom stereocenters. The van der Waals surface area contributed by atoms with Crippen LogP contribution < -0.4 is 9.62 Å². The first-order valence-electron chi connectivity index (χ1n) is 13.5. The highest BCUT2D eigenvalue weighted by Gasteiger charge is 2.33. The van der Waals surface area contributed by atoms with E-state index < -0.39 is 28.5 Å². The highest BCUT2D eigenvalue weighted by molar-refractivity contribution is 7.92. The highest BCUT2D eigenvalue weighted by Crippen LogP contribution is 2.28. The molecule has 0 aliphatic rings. The first-order chi connectivity index (χ1) is 19.0. The lowest BCUT2D eigenvalue weighted by Gasteiger charge is -2.33. The Morgan fingerprint density at radius 3 is 2.15 bits per heavy atom. The zero-order valence-electron chi connectivity index (χ0n) is 23.7. The van der Waals surface area contributed by atoms with Crippen molar-refractivity contribution < 1.29 is 18.0 Å². The van der Waals surface area contributed by atoms with Crippen LogP contribution in [0.5, 0.6) is 0 Å². The number of hydrogen-bond donors (Lipinski definition) is 1. The number of halogens is 1. The molecule has 2 amide bonds. The number of benzene rings is 3. The molecule has 40 heavy (non-hydrogen) atoms. The van der Waals surface area contributed by atoms with Crippen LogP contribution in [0.4, 0.5) is 5.69 Å². The maximum atomic E-state index is 14.0. The van der Waals surface area contributed by atoms with Crippen molar-refractivity contribution in [3.8, 4) is 0 Å². The van der Waals surface area contributed by atoms with E-state index in [1.165, 1.54) is 4.90 Å².